The summed E-state index contributed by atoms with van der Waals surface area (Å²) in [6, 6.07) is 17.9. The number of methoxy groups -OCH3 is 2. The van der Waals surface area contributed by atoms with Gasteiger partial charge in [0, 0.05) is 22.4 Å². The predicted octanol–water partition coefficient (Wildman–Crippen LogP) is 4.34. The molecule has 0 aliphatic heterocycles. The van der Waals surface area contributed by atoms with Crippen molar-refractivity contribution in [3.05, 3.63) is 77.9 Å². The molecule has 0 radical (unpaired) electrons. The average molecular weight is 544 g/mol. The normalized spacial score (nSPS) is 12.1. The van der Waals surface area contributed by atoms with Crippen molar-refractivity contribution >= 4 is 34.3 Å². The SMILES string of the molecule is COc1cccc([C@@H](C(=O)NC(C)(C)C)N(C(=O)Cn2nnc3ccccc32)c2ccc(C(C)=O)cc2)c1OC. The Morgan fingerprint density at radius 3 is 2.27 bits per heavy atom. The molecule has 0 saturated carbocycles. The van der Waals surface area contributed by atoms with Gasteiger partial charge in [-0.2, -0.15) is 0 Å². The molecule has 0 aliphatic rings. The largest absolute Gasteiger partial charge is 0.493 e. The monoisotopic (exact) mass is 543 g/mol. The van der Waals surface area contributed by atoms with Crippen molar-refractivity contribution in [3.8, 4) is 11.5 Å². The van der Waals surface area contributed by atoms with Crippen LogP contribution >= 0.6 is 0 Å². The Bertz CT molecular complexity index is 1540. The molecule has 1 atom stereocenters. The number of Topliss-reactive ketones (excluding diaryl/α,β-unsaturated/α-hetero) is 1. The van der Waals surface area contributed by atoms with Gasteiger partial charge in [-0.15, -0.1) is 5.10 Å². The number of rotatable bonds is 9. The van der Waals surface area contributed by atoms with E-state index in [1.165, 1.54) is 30.7 Å². The second-order valence-electron chi connectivity index (χ2n) is 10.3. The van der Waals surface area contributed by atoms with Gasteiger partial charge in [0.1, 0.15) is 18.1 Å². The van der Waals surface area contributed by atoms with E-state index in [0.29, 0.717) is 39.3 Å². The number of nitrogens with zero attached hydrogens (tertiary/aromatic N) is 4. The summed E-state index contributed by atoms with van der Waals surface area (Å²) in [4.78, 5) is 41.7. The van der Waals surface area contributed by atoms with Gasteiger partial charge in [0.25, 0.3) is 0 Å². The van der Waals surface area contributed by atoms with Crippen LogP contribution in [0, 0.1) is 0 Å². The summed E-state index contributed by atoms with van der Waals surface area (Å²) in [5.74, 6) is -0.231. The molecule has 0 spiro atoms. The lowest BCUT2D eigenvalue weighted by Crippen LogP contribution is -2.50. The molecule has 1 aromatic heterocycles. The van der Waals surface area contributed by atoms with Crippen molar-refractivity contribution in [1.29, 1.82) is 0 Å². The molecule has 3 aromatic carbocycles. The highest BCUT2D eigenvalue weighted by atomic mass is 16.5. The van der Waals surface area contributed by atoms with Crippen molar-refractivity contribution in [1.82, 2.24) is 20.3 Å². The molecule has 4 rings (SSSR count). The smallest absolute Gasteiger partial charge is 0.249 e. The fraction of sp³-hybridized carbons (Fsp3) is 0.300. The molecule has 208 valence electrons. The molecule has 0 aliphatic carbocycles. The number of ether oxygens (including phenoxy) is 2. The van der Waals surface area contributed by atoms with Crippen LogP contribution in [0.4, 0.5) is 5.69 Å². The molecule has 10 heteroatoms. The highest BCUT2D eigenvalue weighted by Crippen LogP contribution is 2.39. The molecule has 2 amide bonds. The number of anilines is 1. The maximum absolute atomic E-state index is 14.2. The predicted molar refractivity (Wildman–Crippen MR) is 152 cm³/mol. The van der Waals surface area contributed by atoms with Gasteiger partial charge in [-0.05, 0) is 70.2 Å². The van der Waals surface area contributed by atoms with E-state index >= 15 is 0 Å². The quantitative estimate of drug-likeness (QED) is 0.312. The van der Waals surface area contributed by atoms with Crippen LogP contribution in [0.1, 0.15) is 49.7 Å². The van der Waals surface area contributed by atoms with Gasteiger partial charge in [-0.25, -0.2) is 4.68 Å². The second-order valence-corrected chi connectivity index (χ2v) is 10.3. The van der Waals surface area contributed by atoms with Gasteiger partial charge in [-0.1, -0.05) is 29.5 Å². The van der Waals surface area contributed by atoms with Crippen molar-refractivity contribution in [2.24, 2.45) is 0 Å². The minimum Gasteiger partial charge on any atom is -0.493 e. The van der Waals surface area contributed by atoms with Gasteiger partial charge < -0.3 is 14.8 Å². The highest BCUT2D eigenvalue weighted by Gasteiger charge is 2.37. The number of carbonyl (C=O) groups excluding carboxylic acids is 3. The first kappa shape index (κ1) is 28.3. The van der Waals surface area contributed by atoms with Crippen LogP contribution in [0.3, 0.4) is 0 Å². The van der Waals surface area contributed by atoms with Gasteiger partial charge >= 0.3 is 0 Å². The maximum atomic E-state index is 14.2. The first-order valence-electron chi connectivity index (χ1n) is 12.8. The Hall–Kier alpha value is -4.73. The topological polar surface area (TPSA) is 116 Å². The van der Waals surface area contributed by atoms with Gasteiger partial charge in [0.15, 0.2) is 17.3 Å². The third-order valence-corrected chi connectivity index (χ3v) is 6.26. The van der Waals surface area contributed by atoms with Crippen LogP contribution < -0.4 is 19.7 Å². The molecule has 1 heterocycles. The first-order chi connectivity index (χ1) is 19.0. The summed E-state index contributed by atoms with van der Waals surface area (Å²) in [6.45, 7) is 6.86. The zero-order valence-electron chi connectivity index (χ0n) is 23.5. The van der Waals surface area contributed by atoms with E-state index in [4.69, 9.17) is 9.47 Å². The summed E-state index contributed by atoms with van der Waals surface area (Å²) in [5.41, 5.74) is 2.04. The summed E-state index contributed by atoms with van der Waals surface area (Å²) in [5, 5.41) is 11.3. The summed E-state index contributed by atoms with van der Waals surface area (Å²) in [6.07, 6.45) is 0. The number of aromatic nitrogens is 3. The fourth-order valence-electron chi connectivity index (χ4n) is 4.50. The van der Waals surface area contributed by atoms with Crippen LogP contribution in [0.2, 0.25) is 0 Å². The van der Waals surface area contributed by atoms with Crippen molar-refractivity contribution < 1.29 is 23.9 Å². The molecular weight excluding hydrogens is 510 g/mol. The Morgan fingerprint density at radius 2 is 1.65 bits per heavy atom. The molecule has 4 aromatic rings. The summed E-state index contributed by atoms with van der Waals surface area (Å²) in [7, 11) is 2.99. The van der Waals surface area contributed by atoms with Crippen LogP contribution in [0.15, 0.2) is 66.7 Å². The lowest BCUT2D eigenvalue weighted by molar-refractivity contribution is -0.128. The lowest BCUT2D eigenvalue weighted by atomic mass is 9.99. The number of amides is 2. The Kier molecular flexibility index (Phi) is 8.18. The molecule has 1 N–H and O–H groups in total. The fourth-order valence-corrected chi connectivity index (χ4v) is 4.50. The van der Waals surface area contributed by atoms with E-state index < -0.39 is 23.4 Å². The third kappa shape index (κ3) is 5.96. The average Bonchev–Trinajstić information content (AvgIpc) is 3.32. The zero-order chi connectivity index (χ0) is 29.0. The van der Waals surface area contributed by atoms with Crippen LogP contribution in [0.25, 0.3) is 11.0 Å². The second kappa shape index (κ2) is 11.6. The van der Waals surface area contributed by atoms with Crippen molar-refractivity contribution in [2.45, 2.75) is 45.8 Å². The number of hydrogen-bond donors (Lipinski definition) is 1. The number of carbonyl (C=O) groups is 3. The molecule has 0 saturated heterocycles. The van der Waals surface area contributed by atoms with E-state index in [0.717, 1.165) is 0 Å². The first-order valence-corrected chi connectivity index (χ1v) is 12.8. The number of benzene rings is 3. The number of hydrogen-bond acceptors (Lipinski definition) is 7. The van der Waals surface area contributed by atoms with E-state index in [-0.39, 0.29) is 12.3 Å². The number of ketones is 1. The molecular formula is C30H33N5O5. The molecule has 10 nitrogen and oxygen atoms in total. The van der Waals surface area contributed by atoms with E-state index in [1.807, 2.05) is 45.0 Å². The molecule has 0 fully saturated rings. The van der Waals surface area contributed by atoms with Crippen molar-refractivity contribution in [2.75, 3.05) is 19.1 Å². The minimum absolute atomic E-state index is 0.116. The highest BCUT2D eigenvalue weighted by molar-refractivity contribution is 6.02. The zero-order valence-corrected chi connectivity index (χ0v) is 23.5. The number of para-hydroxylation sites is 2. The Balaban J connectivity index is 1.91. The molecule has 0 bridgehead atoms. The van der Waals surface area contributed by atoms with E-state index in [2.05, 4.69) is 15.6 Å². The van der Waals surface area contributed by atoms with Crippen molar-refractivity contribution in [3.63, 3.8) is 0 Å². The van der Waals surface area contributed by atoms with Crippen LogP contribution in [-0.2, 0) is 16.1 Å². The minimum atomic E-state index is -1.16. The summed E-state index contributed by atoms with van der Waals surface area (Å²) < 4.78 is 12.7. The van der Waals surface area contributed by atoms with Gasteiger partial charge in [0.2, 0.25) is 11.8 Å². The maximum Gasteiger partial charge on any atom is 0.249 e. The Labute approximate surface area is 232 Å². The number of nitrogens with one attached hydrogen (secondary N) is 1. The summed E-state index contributed by atoms with van der Waals surface area (Å²) >= 11 is 0. The molecule has 40 heavy (non-hydrogen) atoms. The van der Waals surface area contributed by atoms with E-state index in [1.54, 1.807) is 42.5 Å². The van der Waals surface area contributed by atoms with Gasteiger partial charge in [-0.3, -0.25) is 19.3 Å². The third-order valence-electron chi connectivity index (χ3n) is 6.26. The van der Waals surface area contributed by atoms with Crippen LogP contribution in [0.5, 0.6) is 11.5 Å². The van der Waals surface area contributed by atoms with Gasteiger partial charge in [0.05, 0.1) is 19.7 Å². The van der Waals surface area contributed by atoms with Crippen LogP contribution in [-0.4, -0.2) is 52.3 Å². The van der Waals surface area contributed by atoms with E-state index in [9.17, 15) is 14.4 Å². The lowest BCUT2D eigenvalue weighted by Gasteiger charge is -2.34. The number of fused-ring (bicyclic) bond motifs is 1. The molecule has 0 unspecified atom stereocenters. The Morgan fingerprint density at radius 1 is 0.950 bits per heavy atom. The standard InChI is InChI=1S/C30H33N5O5/c1-19(36)20-14-16-21(17-15-20)35(26(37)18-34-24-12-8-7-11-23(24)32-33-34)27(29(38)31-30(2,3)4)22-10-9-13-25(39-5)28(22)40-6/h7-17,27H,18H2,1-6H3,(H,31,38)/t27-/m0/s1.